The molecule has 2 aromatic rings. The maximum absolute atomic E-state index is 12.6. The zero-order valence-corrected chi connectivity index (χ0v) is 17.9. The Balaban J connectivity index is 1.27. The van der Waals surface area contributed by atoms with Crippen LogP contribution in [0.5, 0.6) is 5.75 Å². The molecule has 1 aromatic carbocycles. The minimum atomic E-state index is 0.319. The maximum Gasteiger partial charge on any atom is 0.222 e. The molecule has 0 bridgehead atoms. The van der Waals surface area contributed by atoms with Crippen molar-refractivity contribution in [3.05, 3.63) is 36.4 Å². The number of rotatable bonds is 6. The summed E-state index contributed by atoms with van der Waals surface area (Å²) in [6, 6.07) is 11.8. The lowest BCUT2D eigenvalue weighted by molar-refractivity contribution is -0.131. The van der Waals surface area contributed by atoms with Crippen molar-refractivity contribution in [3.63, 3.8) is 0 Å². The van der Waals surface area contributed by atoms with E-state index in [0.29, 0.717) is 12.3 Å². The Bertz CT molecular complexity index is 825. The van der Waals surface area contributed by atoms with E-state index in [0.717, 1.165) is 61.3 Å². The topological polar surface area (TPSA) is 58.6 Å². The van der Waals surface area contributed by atoms with Crippen LogP contribution in [0.4, 0.5) is 5.82 Å². The molecule has 1 saturated carbocycles. The number of ether oxygens (including phenoxy) is 1. The quantitative estimate of drug-likeness (QED) is 0.718. The number of benzene rings is 1. The lowest BCUT2D eigenvalue weighted by atomic mass is 9.86. The number of nitrogens with zero attached hydrogens (tertiary/aromatic N) is 4. The Morgan fingerprint density at radius 1 is 1.03 bits per heavy atom. The summed E-state index contributed by atoms with van der Waals surface area (Å²) in [5.41, 5.74) is 1.82. The Morgan fingerprint density at radius 2 is 1.83 bits per heavy atom. The van der Waals surface area contributed by atoms with Gasteiger partial charge >= 0.3 is 0 Å². The molecule has 1 aliphatic carbocycles. The van der Waals surface area contributed by atoms with Crippen LogP contribution in [0.3, 0.4) is 0 Å². The molecule has 1 amide bonds. The highest BCUT2D eigenvalue weighted by Gasteiger charge is 2.23. The van der Waals surface area contributed by atoms with Gasteiger partial charge in [-0.15, -0.1) is 10.2 Å². The third-order valence-electron chi connectivity index (χ3n) is 6.46. The first-order chi connectivity index (χ1) is 14.7. The first kappa shape index (κ1) is 20.6. The summed E-state index contributed by atoms with van der Waals surface area (Å²) >= 11 is 0. The van der Waals surface area contributed by atoms with Crippen LogP contribution in [0.1, 0.15) is 44.9 Å². The Labute approximate surface area is 179 Å². The number of carbonyl (C=O) groups excluding carboxylic acids is 1. The molecule has 1 saturated heterocycles. The standard InChI is InChI=1S/C24H32N4O2/c1-30-21-9-5-8-20(18-21)22-11-12-23(26-25-22)27-14-16-28(17-15-27)24(29)13-10-19-6-3-2-4-7-19/h5,8-9,11-12,18-19H,2-4,6-7,10,13-17H2,1H3. The van der Waals surface area contributed by atoms with Crippen LogP contribution in [0.15, 0.2) is 36.4 Å². The van der Waals surface area contributed by atoms with E-state index in [4.69, 9.17) is 4.74 Å². The third kappa shape index (κ3) is 5.10. The molecule has 160 valence electrons. The minimum absolute atomic E-state index is 0.319. The van der Waals surface area contributed by atoms with Crippen LogP contribution < -0.4 is 9.64 Å². The van der Waals surface area contributed by atoms with Crippen molar-refractivity contribution in [1.82, 2.24) is 15.1 Å². The van der Waals surface area contributed by atoms with Crippen molar-refractivity contribution in [2.24, 2.45) is 5.92 Å². The summed E-state index contributed by atoms with van der Waals surface area (Å²) in [6.07, 6.45) is 8.45. The van der Waals surface area contributed by atoms with Gasteiger partial charge < -0.3 is 14.5 Å². The molecule has 1 aromatic heterocycles. The fourth-order valence-corrected chi connectivity index (χ4v) is 4.58. The molecule has 0 N–H and O–H groups in total. The second kappa shape index (κ2) is 9.92. The van der Waals surface area contributed by atoms with Crippen molar-refractivity contribution in [2.75, 3.05) is 38.2 Å². The summed E-state index contributed by atoms with van der Waals surface area (Å²) in [7, 11) is 1.66. The van der Waals surface area contributed by atoms with Crippen molar-refractivity contribution in [3.8, 4) is 17.0 Å². The molecule has 6 nitrogen and oxygen atoms in total. The monoisotopic (exact) mass is 408 g/mol. The predicted molar refractivity (Wildman–Crippen MR) is 119 cm³/mol. The molecule has 6 heteroatoms. The second-order valence-corrected chi connectivity index (χ2v) is 8.42. The molecule has 1 aliphatic heterocycles. The third-order valence-corrected chi connectivity index (χ3v) is 6.46. The van der Waals surface area contributed by atoms with Crippen molar-refractivity contribution >= 4 is 11.7 Å². The zero-order chi connectivity index (χ0) is 20.8. The number of piperazine rings is 1. The normalized spacial score (nSPS) is 17.8. The molecule has 2 heterocycles. The van der Waals surface area contributed by atoms with E-state index in [1.54, 1.807) is 7.11 Å². The SMILES string of the molecule is COc1cccc(-c2ccc(N3CCN(C(=O)CCC4CCCCC4)CC3)nn2)c1. The van der Waals surface area contributed by atoms with E-state index in [1.807, 2.05) is 41.3 Å². The smallest absolute Gasteiger partial charge is 0.222 e. The summed E-state index contributed by atoms with van der Waals surface area (Å²) in [5.74, 6) is 2.76. The number of amides is 1. The zero-order valence-electron chi connectivity index (χ0n) is 17.9. The van der Waals surface area contributed by atoms with E-state index in [-0.39, 0.29) is 0 Å². The van der Waals surface area contributed by atoms with Gasteiger partial charge in [0.05, 0.1) is 12.8 Å². The predicted octanol–water partition coefficient (Wildman–Crippen LogP) is 4.16. The molecule has 2 fully saturated rings. The van der Waals surface area contributed by atoms with Gasteiger partial charge in [-0.25, -0.2) is 0 Å². The summed E-state index contributed by atoms with van der Waals surface area (Å²) in [5, 5.41) is 8.84. The molecule has 2 aliphatic rings. The lowest BCUT2D eigenvalue weighted by Crippen LogP contribution is -2.49. The van der Waals surface area contributed by atoms with E-state index >= 15 is 0 Å². The number of methoxy groups -OCH3 is 1. The molecule has 30 heavy (non-hydrogen) atoms. The minimum Gasteiger partial charge on any atom is -0.497 e. The highest BCUT2D eigenvalue weighted by atomic mass is 16.5. The Kier molecular flexibility index (Phi) is 6.82. The summed E-state index contributed by atoms with van der Waals surface area (Å²) < 4.78 is 5.29. The van der Waals surface area contributed by atoms with Crippen LogP contribution in [0.25, 0.3) is 11.3 Å². The highest BCUT2D eigenvalue weighted by Crippen LogP contribution is 2.28. The maximum atomic E-state index is 12.6. The van der Waals surface area contributed by atoms with Gasteiger partial charge in [0.1, 0.15) is 5.75 Å². The van der Waals surface area contributed by atoms with Gasteiger partial charge in [0.15, 0.2) is 5.82 Å². The number of hydrogen-bond donors (Lipinski definition) is 0. The lowest BCUT2D eigenvalue weighted by Gasteiger charge is -2.35. The van der Waals surface area contributed by atoms with Gasteiger partial charge in [-0.3, -0.25) is 4.79 Å². The molecular weight excluding hydrogens is 376 g/mol. The fourth-order valence-electron chi connectivity index (χ4n) is 4.58. The molecule has 4 rings (SSSR count). The van der Waals surface area contributed by atoms with Gasteiger partial charge in [-0.1, -0.05) is 44.2 Å². The van der Waals surface area contributed by atoms with E-state index in [9.17, 15) is 4.79 Å². The van der Waals surface area contributed by atoms with Crippen molar-refractivity contribution < 1.29 is 9.53 Å². The molecule has 0 atom stereocenters. The van der Waals surface area contributed by atoms with Crippen LogP contribution in [0.2, 0.25) is 0 Å². The highest BCUT2D eigenvalue weighted by molar-refractivity contribution is 5.76. The number of aromatic nitrogens is 2. The number of anilines is 1. The molecule has 0 radical (unpaired) electrons. The first-order valence-electron chi connectivity index (χ1n) is 11.2. The van der Waals surface area contributed by atoms with Gasteiger partial charge in [0.25, 0.3) is 0 Å². The number of carbonyl (C=O) groups is 1. The van der Waals surface area contributed by atoms with Gasteiger partial charge in [0.2, 0.25) is 5.91 Å². The molecule has 0 unspecified atom stereocenters. The Morgan fingerprint density at radius 3 is 2.53 bits per heavy atom. The fraction of sp³-hybridized carbons (Fsp3) is 0.542. The number of hydrogen-bond acceptors (Lipinski definition) is 5. The van der Waals surface area contributed by atoms with E-state index in [2.05, 4.69) is 15.1 Å². The first-order valence-corrected chi connectivity index (χ1v) is 11.2. The Hall–Kier alpha value is -2.63. The molecular formula is C24H32N4O2. The average Bonchev–Trinajstić information content (AvgIpc) is 2.83. The summed E-state index contributed by atoms with van der Waals surface area (Å²) in [6.45, 7) is 3.15. The van der Waals surface area contributed by atoms with Crippen molar-refractivity contribution in [1.29, 1.82) is 0 Å². The van der Waals surface area contributed by atoms with Gasteiger partial charge in [-0.2, -0.15) is 0 Å². The second-order valence-electron chi connectivity index (χ2n) is 8.42. The van der Waals surface area contributed by atoms with Crippen LogP contribution >= 0.6 is 0 Å². The summed E-state index contributed by atoms with van der Waals surface area (Å²) in [4.78, 5) is 16.8. The van der Waals surface area contributed by atoms with Crippen LogP contribution in [-0.2, 0) is 4.79 Å². The molecule has 0 spiro atoms. The van der Waals surface area contributed by atoms with Gasteiger partial charge in [0, 0.05) is 38.2 Å². The average molecular weight is 409 g/mol. The van der Waals surface area contributed by atoms with E-state index in [1.165, 1.54) is 32.1 Å². The van der Waals surface area contributed by atoms with E-state index < -0.39 is 0 Å². The largest absolute Gasteiger partial charge is 0.497 e. The van der Waals surface area contributed by atoms with Gasteiger partial charge in [-0.05, 0) is 36.6 Å². The van der Waals surface area contributed by atoms with Crippen LogP contribution in [0, 0.1) is 5.92 Å². The van der Waals surface area contributed by atoms with Crippen molar-refractivity contribution in [2.45, 2.75) is 44.9 Å². The van der Waals surface area contributed by atoms with Crippen LogP contribution in [-0.4, -0.2) is 54.3 Å².